The Morgan fingerprint density at radius 1 is 1.38 bits per heavy atom. The number of hydrogen-bond acceptors (Lipinski definition) is 2. The number of amides is 1. The van der Waals surface area contributed by atoms with E-state index in [2.05, 4.69) is 0 Å². The normalized spacial score (nSPS) is 26.6. The molecule has 92 valence electrons. The summed E-state index contributed by atoms with van der Waals surface area (Å²) in [5.41, 5.74) is 0. The van der Waals surface area contributed by atoms with Crippen LogP contribution >= 0.6 is 0 Å². The molecule has 4 nitrogen and oxygen atoms in total. The molecule has 16 heavy (non-hydrogen) atoms. The number of aliphatic carboxylic acids is 1. The van der Waals surface area contributed by atoms with E-state index in [-0.39, 0.29) is 13.0 Å². The van der Waals surface area contributed by atoms with Crippen molar-refractivity contribution in [2.75, 3.05) is 6.54 Å². The number of carboxylic acids is 1. The summed E-state index contributed by atoms with van der Waals surface area (Å²) in [6, 6.07) is -0.916. The number of nitrogens with zero attached hydrogens (tertiary/aromatic N) is 1. The molecular weight excluding hydrogens is 227 g/mol. The second-order valence-electron chi connectivity index (χ2n) is 3.82. The summed E-state index contributed by atoms with van der Waals surface area (Å²) >= 11 is 0. The Morgan fingerprint density at radius 2 is 1.94 bits per heavy atom. The van der Waals surface area contributed by atoms with E-state index in [0.29, 0.717) is 11.3 Å². The molecule has 0 radical (unpaired) electrons. The molecule has 0 aromatic rings. The van der Waals surface area contributed by atoms with Crippen molar-refractivity contribution >= 4 is 11.9 Å². The van der Waals surface area contributed by atoms with Gasteiger partial charge in [0.2, 0.25) is 0 Å². The summed E-state index contributed by atoms with van der Waals surface area (Å²) in [5.74, 6) is -4.03. The van der Waals surface area contributed by atoms with Gasteiger partial charge < -0.3 is 10.0 Å². The van der Waals surface area contributed by atoms with E-state index in [1.165, 1.54) is 6.92 Å². The van der Waals surface area contributed by atoms with Crippen molar-refractivity contribution in [2.24, 2.45) is 5.92 Å². The highest BCUT2D eigenvalue weighted by molar-refractivity contribution is 5.83. The molecule has 0 aromatic heterocycles. The Kier molecular flexibility index (Phi) is 3.44. The number of piperidine rings is 1. The van der Waals surface area contributed by atoms with Gasteiger partial charge in [0.1, 0.15) is 0 Å². The van der Waals surface area contributed by atoms with Crippen molar-refractivity contribution in [1.82, 2.24) is 4.90 Å². The van der Waals surface area contributed by atoms with E-state index in [9.17, 15) is 22.8 Å². The van der Waals surface area contributed by atoms with E-state index in [0.717, 1.165) is 0 Å². The topological polar surface area (TPSA) is 57.6 Å². The molecule has 1 saturated heterocycles. The first-order chi connectivity index (χ1) is 7.25. The molecule has 2 atom stereocenters. The first-order valence-corrected chi connectivity index (χ1v) is 4.85. The molecule has 1 rings (SSSR count). The molecule has 7 heteroatoms. The minimum absolute atomic E-state index is 0.0384. The highest BCUT2D eigenvalue weighted by Gasteiger charge is 2.47. The molecule has 1 N–H and O–H groups in total. The summed E-state index contributed by atoms with van der Waals surface area (Å²) in [6.45, 7) is 1.30. The van der Waals surface area contributed by atoms with Gasteiger partial charge in [-0.1, -0.05) is 0 Å². The molecule has 1 amide bonds. The van der Waals surface area contributed by atoms with Gasteiger partial charge in [-0.25, -0.2) is 0 Å². The Hall–Kier alpha value is -1.27. The lowest BCUT2D eigenvalue weighted by Crippen LogP contribution is -2.53. The maximum atomic E-state index is 12.2. The average Bonchev–Trinajstić information content (AvgIpc) is 2.15. The SMILES string of the molecule is CC1C(C(=O)O)CCCN1C(=O)C(F)(F)F. The van der Waals surface area contributed by atoms with Gasteiger partial charge in [0.25, 0.3) is 0 Å². The standard InChI is InChI=1S/C9H12F3NO3/c1-5-6(7(14)15)3-2-4-13(5)8(16)9(10,11)12/h5-6H,2-4H2,1H3,(H,14,15). The number of rotatable bonds is 1. The molecule has 1 aliphatic heterocycles. The molecule has 0 saturated carbocycles. The van der Waals surface area contributed by atoms with E-state index >= 15 is 0 Å². The fraction of sp³-hybridized carbons (Fsp3) is 0.778. The Balaban J connectivity index is 2.82. The lowest BCUT2D eigenvalue weighted by Gasteiger charge is -2.37. The second-order valence-corrected chi connectivity index (χ2v) is 3.82. The molecule has 0 spiro atoms. The minimum Gasteiger partial charge on any atom is -0.481 e. The van der Waals surface area contributed by atoms with Gasteiger partial charge in [0.05, 0.1) is 5.92 Å². The van der Waals surface area contributed by atoms with Crippen LogP contribution in [0.3, 0.4) is 0 Å². The van der Waals surface area contributed by atoms with Crippen LogP contribution in [-0.2, 0) is 9.59 Å². The Labute approximate surface area is 90.0 Å². The molecule has 1 aliphatic rings. The van der Waals surface area contributed by atoms with Gasteiger partial charge in [-0.15, -0.1) is 0 Å². The van der Waals surface area contributed by atoms with Crippen molar-refractivity contribution in [3.63, 3.8) is 0 Å². The summed E-state index contributed by atoms with van der Waals surface area (Å²) in [5, 5.41) is 8.79. The molecule has 1 fully saturated rings. The monoisotopic (exact) mass is 239 g/mol. The zero-order chi connectivity index (χ0) is 12.5. The second kappa shape index (κ2) is 4.31. The zero-order valence-electron chi connectivity index (χ0n) is 8.62. The van der Waals surface area contributed by atoms with E-state index < -0.39 is 30.0 Å². The number of alkyl halides is 3. The first kappa shape index (κ1) is 12.8. The van der Waals surface area contributed by atoms with Crippen LogP contribution in [0.5, 0.6) is 0 Å². The summed E-state index contributed by atoms with van der Waals surface area (Å²) in [6.07, 6.45) is -4.35. The van der Waals surface area contributed by atoms with Crippen LogP contribution < -0.4 is 0 Å². The quantitative estimate of drug-likeness (QED) is 0.749. The van der Waals surface area contributed by atoms with Gasteiger partial charge in [0.15, 0.2) is 0 Å². The highest BCUT2D eigenvalue weighted by Crippen LogP contribution is 2.28. The molecule has 0 aromatic carbocycles. The van der Waals surface area contributed by atoms with Crippen molar-refractivity contribution in [1.29, 1.82) is 0 Å². The average molecular weight is 239 g/mol. The number of hydrogen-bond donors (Lipinski definition) is 1. The number of halogens is 3. The van der Waals surface area contributed by atoms with Gasteiger partial charge in [0, 0.05) is 12.6 Å². The lowest BCUT2D eigenvalue weighted by atomic mass is 9.90. The van der Waals surface area contributed by atoms with E-state index in [1.54, 1.807) is 0 Å². The third-order valence-electron chi connectivity index (χ3n) is 2.81. The fourth-order valence-electron chi connectivity index (χ4n) is 1.92. The van der Waals surface area contributed by atoms with Crippen LogP contribution in [0, 0.1) is 5.92 Å². The highest BCUT2D eigenvalue weighted by atomic mass is 19.4. The summed E-state index contributed by atoms with van der Waals surface area (Å²) < 4.78 is 36.6. The van der Waals surface area contributed by atoms with Gasteiger partial charge in [-0.2, -0.15) is 13.2 Å². The van der Waals surface area contributed by atoms with Crippen LogP contribution in [-0.4, -0.2) is 40.6 Å². The molecule has 0 aliphatic carbocycles. The summed E-state index contributed by atoms with van der Waals surface area (Å²) in [4.78, 5) is 22.4. The van der Waals surface area contributed by atoms with Crippen molar-refractivity contribution in [3.8, 4) is 0 Å². The predicted molar refractivity (Wildman–Crippen MR) is 47.6 cm³/mol. The Bertz CT molecular complexity index is 303. The molecule has 1 heterocycles. The number of carbonyl (C=O) groups excluding carboxylic acids is 1. The maximum absolute atomic E-state index is 12.2. The fourth-order valence-corrected chi connectivity index (χ4v) is 1.92. The van der Waals surface area contributed by atoms with Crippen molar-refractivity contribution in [3.05, 3.63) is 0 Å². The summed E-state index contributed by atoms with van der Waals surface area (Å²) in [7, 11) is 0. The predicted octanol–water partition coefficient (Wildman–Crippen LogP) is 1.26. The maximum Gasteiger partial charge on any atom is 0.471 e. The third kappa shape index (κ3) is 2.45. The first-order valence-electron chi connectivity index (χ1n) is 4.85. The molecule has 0 bridgehead atoms. The number of likely N-dealkylation sites (tertiary alicyclic amines) is 1. The van der Waals surface area contributed by atoms with Gasteiger partial charge in [-0.05, 0) is 19.8 Å². The zero-order valence-corrected chi connectivity index (χ0v) is 8.62. The van der Waals surface area contributed by atoms with Crippen LogP contribution in [0.1, 0.15) is 19.8 Å². The largest absolute Gasteiger partial charge is 0.481 e. The van der Waals surface area contributed by atoms with Crippen molar-refractivity contribution < 1.29 is 27.9 Å². The molecular formula is C9H12F3NO3. The van der Waals surface area contributed by atoms with E-state index in [1.807, 2.05) is 0 Å². The van der Waals surface area contributed by atoms with E-state index in [4.69, 9.17) is 5.11 Å². The van der Waals surface area contributed by atoms with Crippen LogP contribution in [0.15, 0.2) is 0 Å². The van der Waals surface area contributed by atoms with Crippen molar-refractivity contribution in [2.45, 2.75) is 32.0 Å². The Morgan fingerprint density at radius 3 is 2.38 bits per heavy atom. The number of carboxylic acid groups (broad SMARTS) is 1. The van der Waals surface area contributed by atoms with Crippen LogP contribution in [0.25, 0.3) is 0 Å². The number of carbonyl (C=O) groups is 2. The van der Waals surface area contributed by atoms with Gasteiger partial charge >= 0.3 is 18.1 Å². The molecule has 2 unspecified atom stereocenters. The van der Waals surface area contributed by atoms with Crippen LogP contribution in [0.4, 0.5) is 13.2 Å². The third-order valence-corrected chi connectivity index (χ3v) is 2.81. The van der Waals surface area contributed by atoms with Gasteiger partial charge in [-0.3, -0.25) is 9.59 Å². The lowest BCUT2D eigenvalue weighted by molar-refractivity contribution is -0.190. The smallest absolute Gasteiger partial charge is 0.471 e. The van der Waals surface area contributed by atoms with Crippen LogP contribution in [0.2, 0.25) is 0 Å². The minimum atomic E-state index is -4.94.